The monoisotopic (exact) mass is 633 g/mol. The molecule has 0 atom stereocenters. The van der Waals surface area contributed by atoms with Gasteiger partial charge in [-0.1, -0.05) is 39.8 Å². The SMILES string of the molecule is CC(C)C1CCN(c2ccc3cc4c(cc3c2)oc2cc3oc5cc6cc(N7CCC(C(C)C)CC7)ccc6cc5c3c(C#N)c24)CC1. The third-order valence-electron chi connectivity index (χ3n) is 11.9. The van der Waals surface area contributed by atoms with Crippen LogP contribution in [0, 0.1) is 35.0 Å². The zero-order valence-electron chi connectivity index (χ0n) is 28.5. The Morgan fingerprint density at radius 3 is 1.40 bits per heavy atom. The third-order valence-corrected chi connectivity index (χ3v) is 11.9. The Balaban J connectivity index is 1.11. The van der Waals surface area contributed by atoms with Crippen LogP contribution in [0.4, 0.5) is 11.4 Å². The van der Waals surface area contributed by atoms with Gasteiger partial charge in [-0.15, -0.1) is 0 Å². The number of rotatable bonds is 4. The van der Waals surface area contributed by atoms with E-state index in [9.17, 15) is 5.26 Å². The average Bonchev–Trinajstić information content (AvgIpc) is 3.64. The van der Waals surface area contributed by atoms with Crippen molar-refractivity contribution in [1.29, 1.82) is 5.26 Å². The van der Waals surface area contributed by atoms with Gasteiger partial charge in [0.15, 0.2) is 0 Å². The molecule has 0 spiro atoms. The molecule has 7 aromatic rings. The molecule has 0 aliphatic carbocycles. The van der Waals surface area contributed by atoms with E-state index in [0.29, 0.717) is 16.7 Å². The topological polar surface area (TPSA) is 56.6 Å². The highest BCUT2D eigenvalue weighted by atomic mass is 16.3. The van der Waals surface area contributed by atoms with E-state index < -0.39 is 0 Å². The van der Waals surface area contributed by atoms with Gasteiger partial charge in [0, 0.05) is 65.2 Å². The number of anilines is 2. The Kier molecular flexibility index (Phi) is 6.87. The standard InChI is InChI=1S/C43H43N3O2/c1-25(2)27-9-13-45(14-10-27)33-7-5-29-19-35-38(21-31(29)17-33)47-40-23-41-43(37(24-44)42(35)40)36-20-30-6-8-34(18-32(30)22-39(36)48-41)46-15-11-28(12-16-46)26(3)4/h5-8,17-23,25-28H,9-16H2,1-4H3. The second-order valence-corrected chi connectivity index (χ2v) is 15.2. The van der Waals surface area contributed by atoms with Gasteiger partial charge in [0.2, 0.25) is 0 Å². The Morgan fingerprint density at radius 2 is 1.00 bits per heavy atom. The van der Waals surface area contributed by atoms with Crippen LogP contribution in [0.2, 0.25) is 0 Å². The fraction of sp³-hybridized carbons (Fsp3) is 0.372. The average molecular weight is 634 g/mol. The van der Waals surface area contributed by atoms with Gasteiger partial charge < -0.3 is 18.6 Å². The molecule has 2 aromatic heterocycles. The lowest BCUT2D eigenvalue weighted by Crippen LogP contribution is -2.35. The molecule has 2 aliphatic rings. The normalized spacial score (nSPS) is 17.0. The van der Waals surface area contributed by atoms with Gasteiger partial charge in [0.05, 0.1) is 5.56 Å². The van der Waals surface area contributed by atoms with Crippen LogP contribution in [0.25, 0.3) is 65.4 Å². The van der Waals surface area contributed by atoms with Crippen LogP contribution in [0.15, 0.2) is 75.6 Å². The highest BCUT2D eigenvalue weighted by Gasteiger charge is 2.25. The molecule has 5 nitrogen and oxygen atoms in total. The molecule has 0 saturated carbocycles. The first-order valence-corrected chi connectivity index (χ1v) is 18.0. The molecule has 2 fully saturated rings. The van der Waals surface area contributed by atoms with Crippen molar-refractivity contribution in [3.63, 3.8) is 0 Å². The quantitative estimate of drug-likeness (QED) is 0.193. The molecule has 0 bridgehead atoms. The molecule has 48 heavy (non-hydrogen) atoms. The summed E-state index contributed by atoms with van der Waals surface area (Å²) in [5.74, 6) is 3.13. The second-order valence-electron chi connectivity index (χ2n) is 15.2. The molecule has 2 saturated heterocycles. The largest absolute Gasteiger partial charge is 0.456 e. The van der Waals surface area contributed by atoms with Gasteiger partial charge in [-0.05, 0) is 119 Å². The van der Waals surface area contributed by atoms with Crippen molar-refractivity contribution in [3.8, 4) is 6.07 Å². The van der Waals surface area contributed by atoms with Crippen LogP contribution in [0.1, 0.15) is 58.9 Å². The lowest BCUT2D eigenvalue weighted by molar-refractivity contribution is 0.311. The number of hydrogen-bond acceptors (Lipinski definition) is 5. The van der Waals surface area contributed by atoms with Crippen molar-refractivity contribution in [1.82, 2.24) is 0 Å². The second kappa shape index (κ2) is 11.2. The van der Waals surface area contributed by atoms with Gasteiger partial charge in [0.25, 0.3) is 0 Å². The van der Waals surface area contributed by atoms with E-state index >= 15 is 0 Å². The van der Waals surface area contributed by atoms with Gasteiger partial charge in [-0.25, -0.2) is 0 Å². The fourth-order valence-corrected chi connectivity index (χ4v) is 8.81. The zero-order chi connectivity index (χ0) is 32.7. The number of benzene rings is 5. The lowest BCUT2D eigenvalue weighted by atomic mass is 9.86. The summed E-state index contributed by atoms with van der Waals surface area (Å²) in [5.41, 5.74) is 6.16. The molecular weight excluding hydrogens is 590 g/mol. The maximum absolute atomic E-state index is 10.6. The van der Waals surface area contributed by atoms with Crippen LogP contribution in [-0.2, 0) is 0 Å². The minimum Gasteiger partial charge on any atom is -0.456 e. The van der Waals surface area contributed by atoms with Gasteiger partial charge >= 0.3 is 0 Å². The first-order valence-electron chi connectivity index (χ1n) is 18.0. The first-order chi connectivity index (χ1) is 23.3. The predicted octanol–water partition coefficient (Wildman–Crippen LogP) is 11.4. The van der Waals surface area contributed by atoms with Crippen LogP contribution < -0.4 is 9.80 Å². The summed E-state index contributed by atoms with van der Waals surface area (Å²) in [6, 6.07) is 26.8. The molecule has 2 aliphatic heterocycles. The number of piperidine rings is 2. The minimum atomic E-state index is 0.619. The Morgan fingerprint density at radius 1 is 0.562 bits per heavy atom. The van der Waals surface area contributed by atoms with E-state index in [-0.39, 0.29) is 0 Å². The maximum Gasteiger partial charge on any atom is 0.140 e. The minimum absolute atomic E-state index is 0.619. The van der Waals surface area contributed by atoms with E-state index in [1.165, 1.54) is 37.1 Å². The smallest absolute Gasteiger partial charge is 0.140 e. The molecule has 0 amide bonds. The van der Waals surface area contributed by atoms with Crippen LogP contribution in [0.5, 0.6) is 0 Å². The summed E-state index contributed by atoms with van der Waals surface area (Å²) in [6.07, 6.45) is 5.00. The fourth-order valence-electron chi connectivity index (χ4n) is 8.81. The van der Waals surface area contributed by atoms with Crippen molar-refractivity contribution < 1.29 is 8.83 Å². The summed E-state index contributed by atoms with van der Waals surface area (Å²) in [6.45, 7) is 13.8. The molecule has 9 rings (SSSR count). The number of hydrogen-bond donors (Lipinski definition) is 0. The van der Waals surface area contributed by atoms with Crippen molar-refractivity contribution in [2.45, 2.75) is 53.4 Å². The third kappa shape index (κ3) is 4.72. The highest BCUT2D eigenvalue weighted by molar-refractivity contribution is 6.22. The summed E-state index contributed by atoms with van der Waals surface area (Å²) < 4.78 is 13.0. The number of fused-ring (bicyclic) bond motifs is 8. The number of nitriles is 1. The highest BCUT2D eigenvalue weighted by Crippen LogP contribution is 2.43. The molecule has 242 valence electrons. The summed E-state index contributed by atoms with van der Waals surface area (Å²) in [5, 5.41) is 18.9. The zero-order valence-corrected chi connectivity index (χ0v) is 28.5. The van der Waals surface area contributed by atoms with Gasteiger partial charge in [-0.2, -0.15) is 5.26 Å². The molecule has 5 aromatic carbocycles. The van der Waals surface area contributed by atoms with Crippen molar-refractivity contribution >= 4 is 76.8 Å². The van der Waals surface area contributed by atoms with Crippen LogP contribution >= 0.6 is 0 Å². The van der Waals surface area contributed by atoms with Crippen molar-refractivity contribution in [2.75, 3.05) is 36.0 Å². The summed E-state index contributed by atoms with van der Waals surface area (Å²) >= 11 is 0. The van der Waals surface area contributed by atoms with Crippen molar-refractivity contribution in [3.05, 3.63) is 72.3 Å². The van der Waals surface area contributed by atoms with Crippen LogP contribution in [-0.4, -0.2) is 26.2 Å². The van der Waals surface area contributed by atoms with E-state index in [4.69, 9.17) is 8.83 Å². The number of nitrogens with zero attached hydrogens (tertiary/aromatic N) is 3. The molecular formula is C43H43N3O2. The maximum atomic E-state index is 10.6. The molecule has 0 N–H and O–H groups in total. The summed E-state index contributed by atoms with van der Waals surface area (Å²) in [4.78, 5) is 5.04. The predicted molar refractivity (Wildman–Crippen MR) is 200 cm³/mol. The molecule has 4 heterocycles. The molecule has 0 radical (unpaired) electrons. The van der Waals surface area contributed by atoms with Gasteiger partial charge in [0.1, 0.15) is 28.4 Å². The Labute approximate surface area is 281 Å². The van der Waals surface area contributed by atoms with E-state index in [1.54, 1.807) is 0 Å². The van der Waals surface area contributed by atoms with E-state index in [2.05, 4.69) is 104 Å². The van der Waals surface area contributed by atoms with Crippen molar-refractivity contribution in [2.24, 2.45) is 23.7 Å². The van der Waals surface area contributed by atoms with Crippen LogP contribution in [0.3, 0.4) is 0 Å². The van der Waals surface area contributed by atoms with E-state index in [0.717, 1.165) is 104 Å². The Bertz CT molecular complexity index is 2250. The molecule has 0 unspecified atom stereocenters. The van der Waals surface area contributed by atoms with E-state index in [1.807, 2.05) is 6.07 Å². The Hall–Kier alpha value is -4.69. The number of furan rings is 2. The first kappa shape index (κ1) is 29.4. The molecule has 5 heteroatoms. The van der Waals surface area contributed by atoms with Gasteiger partial charge in [-0.3, -0.25) is 0 Å². The summed E-state index contributed by atoms with van der Waals surface area (Å²) in [7, 11) is 0. The lowest BCUT2D eigenvalue weighted by Gasteiger charge is -2.35.